The minimum Gasteiger partial charge on any atom is -0.469 e. The van der Waals surface area contributed by atoms with E-state index in [2.05, 4.69) is 13.8 Å². The predicted molar refractivity (Wildman–Crippen MR) is 72.1 cm³/mol. The molecule has 0 rings (SSSR count). The highest BCUT2D eigenvalue weighted by Gasteiger charge is 2.29. The molecule has 0 saturated heterocycles. The fourth-order valence-electron chi connectivity index (χ4n) is 1.76. The van der Waals surface area contributed by atoms with E-state index in [4.69, 9.17) is 4.74 Å². The molecule has 0 saturated carbocycles. The highest BCUT2D eigenvalue weighted by Crippen LogP contribution is 2.19. The van der Waals surface area contributed by atoms with Crippen molar-refractivity contribution in [2.24, 2.45) is 17.3 Å². The minimum absolute atomic E-state index is 0.0759. The molecule has 0 aromatic rings. The van der Waals surface area contributed by atoms with Crippen LogP contribution in [0, 0.1) is 17.3 Å². The standard InChI is InChI=1S/C14H27NO3/c1-10(2)8-15(13(17)14(4,5)6)9-11(3)12(16)18-7/h10-11H,8-9H2,1-7H3. The number of esters is 1. The van der Waals surface area contributed by atoms with Crippen molar-refractivity contribution in [1.82, 2.24) is 4.90 Å². The average Bonchev–Trinajstić information content (AvgIpc) is 2.23. The minimum atomic E-state index is -0.426. The Bertz CT molecular complexity index is 292. The second-order valence-corrected chi connectivity index (χ2v) is 6.28. The third-order valence-corrected chi connectivity index (χ3v) is 2.61. The monoisotopic (exact) mass is 257 g/mol. The molecular weight excluding hydrogens is 230 g/mol. The molecule has 0 aliphatic rings. The van der Waals surface area contributed by atoms with E-state index in [1.807, 2.05) is 20.8 Å². The van der Waals surface area contributed by atoms with Crippen LogP contribution in [-0.2, 0) is 14.3 Å². The van der Waals surface area contributed by atoms with E-state index in [0.29, 0.717) is 19.0 Å². The van der Waals surface area contributed by atoms with Gasteiger partial charge in [0.15, 0.2) is 0 Å². The van der Waals surface area contributed by atoms with Gasteiger partial charge in [0.05, 0.1) is 13.0 Å². The molecule has 1 atom stereocenters. The summed E-state index contributed by atoms with van der Waals surface area (Å²) in [5.41, 5.74) is -0.426. The van der Waals surface area contributed by atoms with Gasteiger partial charge in [0.1, 0.15) is 0 Å². The van der Waals surface area contributed by atoms with Gasteiger partial charge in [-0.1, -0.05) is 41.5 Å². The van der Waals surface area contributed by atoms with Gasteiger partial charge in [0, 0.05) is 18.5 Å². The summed E-state index contributed by atoms with van der Waals surface area (Å²) in [6.45, 7) is 12.7. The average molecular weight is 257 g/mol. The van der Waals surface area contributed by atoms with E-state index in [1.165, 1.54) is 7.11 Å². The van der Waals surface area contributed by atoms with Crippen LogP contribution in [-0.4, -0.2) is 37.0 Å². The quantitative estimate of drug-likeness (QED) is 0.710. The van der Waals surface area contributed by atoms with E-state index in [9.17, 15) is 9.59 Å². The van der Waals surface area contributed by atoms with Gasteiger partial charge in [-0.2, -0.15) is 0 Å². The number of hydrogen-bond acceptors (Lipinski definition) is 3. The Morgan fingerprint density at radius 1 is 1.11 bits per heavy atom. The molecule has 0 aromatic heterocycles. The lowest BCUT2D eigenvalue weighted by molar-refractivity contribution is -0.148. The second kappa shape index (κ2) is 6.76. The lowest BCUT2D eigenvalue weighted by Gasteiger charge is -2.32. The van der Waals surface area contributed by atoms with Crippen molar-refractivity contribution >= 4 is 11.9 Å². The molecule has 4 nitrogen and oxygen atoms in total. The molecule has 0 heterocycles. The third-order valence-electron chi connectivity index (χ3n) is 2.61. The Labute approximate surface area is 111 Å². The summed E-state index contributed by atoms with van der Waals surface area (Å²) in [6, 6.07) is 0. The van der Waals surface area contributed by atoms with Crippen LogP contribution in [0.15, 0.2) is 0 Å². The highest BCUT2D eigenvalue weighted by molar-refractivity contribution is 5.82. The first kappa shape index (κ1) is 16.9. The number of nitrogens with zero attached hydrogens (tertiary/aromatic N) is 1. The highest BCUT2D eigenvalue weighted by atomic mass is 16.5. The zero-order chi connectivity index (χ0) is 14.5. The Morgan fingerprint density at radius 2 is 1.61 bits per heavy atom. The predicted octanol–water partition coefficient (Wildman–Crippen LogP) is 2.33. The van der Waals surface area contributed by atoms with Gasteiger partial charge in [-0.25, -0.2) is 0 Å². The largest absolute Gasteiger partial charge is 0.469 e. The number of ether oxygens (including phenoxy) is 1. The van der Waals surface area contributed by atoms with Crippen LogP contribution >= 0.6 is 0 Å². The molecule has 0 N–H and O–H groups in total. The Hall–Kier alpha value is -1.06. The first-order valence-corrected chi connectivity index (χ1v) is 6.46. The van der Waals surface area contributed by atoms with Crippen LogP contribution in [0.2, 0.25) is 0 Å². The van der Waals surface area contributed by atoms with Crippen molar-refractivity contribution in [2.75, 3.05) is 20.2 Å². The van der Waals surface area contributed by atoms with Gasteiger partial charge >= 0.3 is 5.97 Å². The molecule has 1 amide bonds. The van der Waals surface area contributed by atoms with Crippen molar-refractivity contribution in [3.05, 3.63) is 0 Å². The number of methoxy groups -OCH3 is 1. The normalized spacial score (nSPS) is 13.3. The van der Waals surface area contributed by atoms with Gasteiger partial charge in [-0.3, -0.25) is 9.59 Å². The van der Waals surface area contributed by atoms with E-state index in [-0.39, 0.29) is 17.8 Å². The van der Waals surface area contributed by atoms with E-state index in [0.717, 1.165) is 0 Å². The molecule has 0 spiro atoms. The van der Waals surface area contributed by atoms with Crippen LogP contribution in [0.3, 0.4) is 0 Å². The summed E-state index contributed by atoms with van der Waals surface area (Å²) in [5, 5.41) is 0. The van der Waals surface area contributed by atoms with Crippen molar-refractivity contribution in [1.29, 1.82) is 0 Å². The van der Waals surface area contributed by atoms with Crippen molar-refractivity contribution in [3.63, 3.8) is 0 Å². The van der Waals surface area contributed by atoms with E-state index < -0.39 is 5.41 Å². The van der Waals surface area contributed by atoms with Crippen LogP contribution in [0.1, 0.15) is 41.5 Å². The van der Waals surface area contributed by atoms with Crippen LogP contribution in [0.4, 0.5) is 0 Å². The zero-order valence-electron chi connectivity index (χ0n) is 12.7. The Morgan fingerprint density at radius 3 is 1.94 bits per heavy atom. The fraction of sp³-hybridized carbons (Fsp3) is 0.857. The third kappa shape index (κ3) is 5.52. The number of hydrogen-bond donors (Lipinski definition) is 0. The smallest absolute Gasteiger partial charge is 0.310 e. The van der Waals surface area contributed by atoms with Crippen molar-refractivity contribution in [3.8, 4) is 0 Å². The molecule has 0 aromatic carbocycles. The summed E-state index contributed by atoms with van der Waals surface area (Å²) in [5.74, 6) is -0.112. The number of carbonyl (C=O) groups excluding carboxylic acids is 2. The fourth-order valence-corrected chi connectivity index (χ4v) is 1.76. The first-order valence-electron chi connectivity index (χ1n) is 6.46. The van der Waals surface area contributed by atoms with Crippen LogP contribution < -0.4 is 0 Å². The summed E-state index contributed by atoms with van der Waals surface area (Å²) in [4.78, 5) is 25.5. The molecule has 0 bridgehead atoms. The molecule has 0 aliphatic heterocycles. The van der Waals surface area contributed by atoms with Gasteiger partial charge in [-0.15, -0.1) is 0 Å². The van der Waals surface area contributed by atoms with E-state index in [1.54, 1.807) is 11.8 Å². The maximum absolute atomic E-state index is 12.3. The molecular formula is C14H27NO3. The number of amides is 1. The SMILES string of the molecule is COC(=O)C(C)CN(CC(C)C)C(=O)C(C)(C)C. The molecule has 18 heavy (non-hydrogen) atoms. The molecule has 0 aliphatic carbocycles. The maximum Gasteiger partial charge on any atom is 0.310 e. The summed E-state index contributed by atoms with van der Waals surface area (Å²) >= 11 is 0. The van der Waals surface area contributed by atoms with Crippen LogP contribution in [0.5, 0.6) is 0 Å². The molecule has 4 heteroatoms. The van der Waals surface area contributed by atoms with Gasteiger partial charge < -0.3 is 9.64 Å². The summed E-state index contributed by atoms with van der Waals surface area (Å²) in [7, 11) is 1.37. The lowest BCUT2D eigenvalue weighted by atomic mass is 9.93. The maximum atomic E-state index is 12.3. The van der Waals surface area contributed by atoms with Gasteiger partial charge in [-0.05, 0) is 5.92 Å². The van der Waals surface area contributed by atoms with Crippen LogP contribution in [0.25, 0.3) is 0 Å². The molecule has 0 radical (unpaired) electrons. The summed E-state index contributed by atoms with van der Waals surface area (Å²) in [6.07, 6.45) is 0. The molecule has 1 unspecified atom stereocenters. The van der Waals surface area contributed by atoms with Gasteiger partial charge in [0.25, 0.3) is 0 Å². The van der Waals surface area contributed by atoms with Crippen molar-refractivity contribution < 1.29 is 14.3 Å². The lowest BCUT2D eigenvalue weighted by Crippen LogP contribution is -2.44. The topological polar surface area (TPSA) is 46.6 Å². The molecule has 0 fully saturated rings. The van der Waals surface area contributed by atoms with Crippen molar-refractivity contribution in [2.45, 2.75) is 41.5 Å². The van der Waals surface area contributed by atoms with Gasteiger partial charge in [0.2, 0.25) is 5.91 Å². The second-order valence-electron chi connectivity index (χ2n) is 6.28. The number of rotatable bonds is 5. The zero-order valence-corrected chi connectivity index (χ0v) is 12.7. The Balaban J connectivity index is 4.80. The summed E-state index contributed by atoms with van der Waals surface area (Å²) < 4.78 is 4.71. The number of carbonyl (C=O) groups is 2. The Kier molecular flexibility index (Phi) is 6.36. The first-order chi connectivity index (χ1) is 8.09. The molecule has 106 valence electrons. The van der Waals surface area contributed by atoms with E-state index >= 15 is 0 Å².